The van der Waals surface area contributed by atoms with Crippen molar-refractivity contribution in [3.63, 3.8) is 0 Å². The molecule has 162 valence electrons. The highest BCUT2D eigenvalue weighted by Crippen LogP contribution is 2.25. The van der Waals surface area contributed by atoms with Crippen molar-refractivity contribution in [2.24, 2.45) is 5.73 Å². The van der Waals surface area contributed by atoms with Gasteiger partial charge in [-0.3, -0.25) is 4.79 Å². The molecular weight excluding hydrogens is 430 g/mol. The molecule has 9 heteroatoms. The molecule has 2 aromatic heterocycles. The number of primary amides is 1. The molecule has 8 nitrogen and oxygen atoms in total. The number of nitrogens with zero attached hydrogens (tertiary/aromatic N) is 3. The van der Waals surface area contributed by atoms with Crippen molar-refractivity contribution in [2.75, 3.05) is 5.32 Å². The number of benzene rings is 2. The van der Waals surface area contributed by atoms with E-state index in [0.29, 0.717) is 27.7 Å². The van der Waals surface area contributed by atoms with Crippen molar-refractivity contribution >= 4 is 29.0 Å². The number of hydrogen-bond acceptors (Lipinski definition) is 6. The SMILES string of the molecule is NC(=O)c1nn(-c2ccnc(Nc3ccccc3)c2)cc1OCc1ccc(CO)cc1Cl. The normalized spacial score (nSPS) is 10.7. The van der Waals surface area contributed by atoms with Crippen molar-refractivity contribution in [1.82, 2.24) is 14.8 Å². The summed E-state index contributed by atoms with van der Waals surface area (Å²) in [6.45, 7) is 0.000174. The zero-order valence-corrected chi connectivity index (χ0v) is 17.7. The molecule has 0 atom stereocenters. The predicted octanol–water partition coefficient (Wildman–Crippen LogP) is 3.83. The molecule has 0 fully saturated rings. The molecule has 0 saturated heterocycles. The van der Waals surface area contributed by atoms with Gasteiger partial charge in [0.2, 0.25) is 0 Å². The number of anilines is 2. The summed E-state index contributed by atoms with van der Waals surface area (Å²) in [5, 5.41) is 17.2. The lowest BCUT2D eigenvalue weighted by molar-refractivity contribution is 0.0991. The molecule has 1 amide bonds. The van der Waals surface area contributed by atoms with Crippen LogP contribution in [0.5, 0.6) is 5.75 Å². The maximum absolute atomic E-state index is 11.9. The first-order valence-electron chi connectivity index (χ1n) is 9.72. The van der Waals surface area contributed by atoms with E-state index in [1.54, 1.807) is 42.7 Å². The molecule has 2 aromatic carbocycles. The number of pyridine rings is 1. The van der Waals surface area contributed by atoms with Gasteiger partial charge in [-0.05, 0) is 29.8 Å². The monoisotopic (exact) mass is 449 g/mol. The molecule has 4 rings (SSSR count). The fourth-order valence-electron chi connectivity index (χ4n) is 3.03. The van der Waals surface area contributed by atoms with Crippen molar-refractivity contribution in [3.8, 4) is 11.4 Å². The molecule has 0 spiro atoms. The minimum Gasteiger partial charge on any atom is -0.485 e. The number of nitrogens with one attached hydrogen (secondary N) is 1. The van der Waals surface area contributed by atoms with Crippen LogP contribution in [0.25, 0.3) is 5.69 Å². The highest BCUT2D eigenvalue weighted by atomic mass is 35.5. The standard InChI is InChI=1S/C23H20ClN5O3/c24-19-10-15(13-30)6-7-16(19)14-32-20-12-29(28-22(20)23(25)31)18-8-9-26-21(11-18)27-17-4-2-1-3-5-17/h1-12,30H,13-14H2,(H2,25,31)(H,26,27). The number of carbonyl (C=O) groups is 1. The van der Waals surface area contributed by atoms with Crippen LogP contribution in [0.4, 0.5) is 11.5 Å². The Morgan fingerprint density at radius 2 is 1.97 bits per heavy atom. The Balaban J connectivity index is 1.57. The predicted molar refractivity (Wildman–Crippen MR) is 121 cm³/mol. The maximum Gasteiger partial charge on any atom is 0.273 e. The maximum atomic E-state index is 11.9. The largest absolute Gasteiger partial charge is 0.485 e. The lowest BCUT2D eigenvalue weighted by Crippen LogP contribution is -2.14. The number of rotatable bonds is 8. The van der Waals surface area contributed by atoms with Crippen LogP contribution in [0, 0.1) is 0 Å². The van der Waals surface area contributed by atoms with Crippen molar-refractivity contribution in [1.29, 1.82) is 0 Å². The number of hydrogen-bond donors (Lipinski definition) is 3. The molecule has 4 aromatic rings. The van der Waals surface area contributed by atoms with Crippen LogP contribution in [0.2, 0.25) is 5.02 Å². The minimum absolute atomic E-state index is 0.00230. The number of para-hydroxylation sites is 1. The number of amides is 1. The van der Waals surface area contributed by atoms with Gasteiger partial charge < -0.3 is 20.9 Å². The van der Waals surface area contributed by atoms with Gasteiger partial charge in [0.25, 0.3) is 5.91 Å². The average Bonchev–Trinajstić information content (AvgIpc) is 3.24. The van der Waals surface area contributed by atoms with Gasteiger partial charge in [-0.2, -0.15) is 5.10 Å². The summed E-state index contributed by atoms with van der Waals surface area (Å²) in [6, 6.07) is 18.3. The molecule has 0 aliphatic rings. The molecule has 2 heterocycles. The van der Waals surface area contributed by atoms with E-state index in [-0.39, 0.29) is 24.7 Å². The topological polar surface area (TPSA) is 115 Å². The van der Waals surface area contributed by atoms with E-state index in [9.17, 15) is 9.90 Å². The highest BCUT2D eigenvalue weighted by molar-refractivity contribution is 6.31. The summed E-state index contributed by atoms with van der Waals surface area (Å²) in [7, 11) is 0. The Labute approximate surface area is 189 Å². The van der Waals surface area contributed by atoms with Gasteiger partial charge in [0.1, 0.15) is 12.4 Å². The quantitative estimate of drug-likeness (QED) is 0.376. The Morgan fingerprint density at radius 1 is 1.16 bits per heavy atom. The van der Waals surface area contributed by atoms with E-state index in [2.05, 4.69) is 15.4 Å². The minimum atomic E-state index is -0.711. The van der Waals surface area contributed by atoms with Crippen LogP contribution in [-0.4, -0.2) is 25.8 Å². The molecule has 32 heavy (non-hydrogen) atoms. The van der Waals surface area contributed by atoms with Crippen LogP contribution in [0.3, 0.4) is 0 Å². The molecule has 0 unspecified atom stereocenters. The van der Waals surface area contributed by atoms with E-state index in [1.807, 2.05) is 30.3 Å². The molecule has 4 N–H and O–H groups in total. The number of carbonyl (C=O) groups excluding carboxylic acids is 1. The summed E-state index contributed by atoms with van der Waals surface area (Å²) in [4.78, 5) is 16.2. The third kappa shape index (κ3) is 4.88. The molecule has 0 radical (unpaired) electrons. The van der Waals surface area contributed by atoms with Crippen LogP contribution in [-0.2, 0) is 13.2 Å². The molecule has 0 bridgehead atoms. The Hall–Kier alpha value is -3.88. The van der Waals surface area contributed by atoms with Gasteiger partial charge in [0, 0.05) is 28.5 Å². The molecule has 0 saturated carbocycles. The number of ether oxygens (including phenoxy) is 1. The van der Waals surface area contributed by atoms with Crippen molar-refractivity contribution < 1.29 is 14.6 Å². The summed E-state index contributed by atoms with van der Waals surface area (Å²) in [6.07, 6.45) is 3.22. The van der Waals surface area contributed by atoms with Crippen molar-refractivity contribution in [3.05, 3.63) is 94.9 Å². The number of halogens is 1. The first-order chi connectivity index (χ1) is 15.5. The highest BCUT2D eigenvalue weighted by Gasteiger charge is 2.17. The number of aromatic nitrogens is 3. The molecule has 0 aliphatic heterocycles. The second-order valence-electron chi connectivity index (χ2n) is 6.91. The van der Waals surface area contributed by atoms with Gasteiger partial charge in [-0.15, -0.1) is 0 Å². The number of aliphatic hydroxyl groups excluding tert-OH is 1. The van der Waals surface area contributed by atoms with Gasteiger partial charge in [-0.25, -0.2) is 9.67 Å². The fourth-order valence-corrected chi connectivity index (χ4v) is 3.29. The summed E-state index contributed by atoms with van der Waals surface area (Å²) in [5.41, 5.74) is 8.46. The van der Waals surface area contributed by atoms with Crippen molar-refractivity contribution in [2.45, 2.75) is 13.2 Å². The van der Waals surface area contributed by atoms with Gasteiger partial charge in [0.15, 0.2) is 11.4 Å². The zero-order chi connectivity index (χ0) is 22.5. The van der Waals surface area contributed by atoms with Crippen LogP contribution >= 0.6 is 11.6 Å². The van der Waals surface area contributed by atoms with Crippen LogP contribution < -0.4 is 15.8 Å². The van der Waals surface area contributed by atoms with E-state index in [1.165, 1.54) is 4.68 Å². The Kier molecular flexibility index (Phi) is 6.34. The molecular formula is C23H20ClN5O3. The fraction of sp³-hybridized carbons (Fsp3) is 0.0870. The summed E-state index contributed by atoms with van der Waals surface area (Å²) in [5.74, 6) is 0.134. The summed E-state index contributed by atoms with van der Waals surface area (Å²) >= 11 is 6.24. The third-order valence-corrected chi connectivity index (χ3v) is 5.00. The average molecular weight is 450 g/mol. The smallest absolute Gasteiger partial charge is 0.273 e. The van der Waals surface area contributed by atoms with E-state index in [0.717, 1.165) is 5.69 Å². The Bertz CT molecular complexity index is 1240. The van der Waals surface area contributed by atoms with E-state index < -0.39 is 5.91 Å². The number of aliphatic hydroxyl groups is 1. The third-order valence-electron chi connectivity index (χ3n) is 4.65. The summed E-state index contributed by atoms with van der Waals surface area (Å²) < 4.78 is 7.31. The zero-order valence-electron chi connectivity index (χ0n) is 16.9. The first kappa shape index (κ1) is 21.4. The lowest BCUT2D eigenvalue weighted by Gasteiger charge is -2.08. The van der Waals surface area contributed by atoms with Gasteiger partial charge >= 0.3 is 0 Å². The van der Waals surface area contributed by atoms with Crippen LogP contribution in [0.15, 0.2) is 73.1 Å². The van der Waals surface area contributed by atoms with Crippen LogP contribution in [0.1, 0.15) is 21.6 Å². The first-order valence-corrected chi connectivity index (χ1v) is 10.1. The molecule has 0 aliphatic carbocycles. The van der Waals surface area contributed by atoms with Gasteiger partial charge in [-0.1, -0.05) is 41.9 Å². The van der Waals surface area contributed by atoms with E-state index >= 15 is 0 Å². The number of nitrogens with two attached hydrogens (primary N) is 1. The second-order valence-corrected chi connectivity index (χ2v) is 7.32. The second kappa shape index (κ2) is 9.51. The lowest BCUT2D eigenvalue weighted by atomic mass is 10.1. The van der Waals surface area contributed by atoms with E-state index in [4.69, 9.17) is 22.1 Å². The van der Waals surface area contributed by atoms with Gasteiger partial charge in [0.05, 0.1) is 18.5 Å². The Morgan fingerprint density at radius 3 is 2.69 bits per heavy atom.